The first-order valence-electron chi connectivity index (χ1n) is 11.3. The Hall–Kier alpha value is -2.77. The van der Waals surface area contributed by atoms with Crippen LogP contribution in [0.25, 0.3) is 0 Å². The van der Waals surface area contributed by atoms with Gasteiger partial charge in [0.05, 0.1) is 6.04 Å². The number of halogens is 1. The normalized spacial score (nSPS) is 28.6. The standard InChI is InChI=1S/C24H30FN3O4/c1-24(2)18-12-28(19(30)7-6-14-4-3-5-16(25)10-14)21(20(18)24)23(32)27-17(13-29)11-15-8-9-26-22(15)31/h3-5,10,13,15,17-18,20-21H,6-9,11-12H2,1-2H3,(H,26,31)(H,27,32)/t15-,17-,18?,20?,21+/m0/s1. The van der Waals surface area contributed by atoms with E-state index in [-0.39, 0.29) is 59.5 Å². The second kappa shape index (κ2) is 8.64. The predicted molar refractivity (Wildman–Crippen MR) is 115 cm³/mol. The van der Waals surface area contributed by atoms with Gasteiger partial charge in [0.15, 0.2) is 0 Å². The van der Waals surface area contributed by atoms with Crippen molar-refractivity contribution in [2.24, 2.45) is 23.2 Å². The van der Waals surface area contributed by atoms with E-state index in [2.05, 4.69) is 24.5 Å². The Bertz CT molecular complexity index is 934. The van der Waals surface area contributed by atoms with Crippen molar-refractivity contribution in [1.29, 1.82) is 0 Å². The summed E-state index contributed by atoms with van der Waals surface area (Å²) in [5, 5.41) is 5.53. The third-order valence-corrected chi connectivity index (χ3v) is 7.51. The lowest BCUT2D eigenvalue weighted by atomic mass is 9.97. The molecule has 2 heterocycles. The molecule has 3 fully saturated rings. The van der Waals surface area contributed by atoms with Crippen LogP contribution in [0, 0.1) is 29.0 Å². The molecule has 5 atom stereocenters. The van der Waals surface area contributed by atoms with Crippen LogP contribution in [-0.4, -0.2) is 54.1 Å². The molecule has 0 aromatic heterocycles. The molecule has 1 aromatic carbocycles. The van der Waals surface area contributed by atoms with Gasteiger partial charge in [0.2, 0.25) is 17.7 Å². The maximum Gasteiger partial charge on any atom is 0.243 e. The van der Waals surface area contributed by atoms with Crippen molar-refractivity contribution in [3.63, 3.8) is 0 Å². The number of hydrogen-bond donors (Lipinski definition) is 2. The van der Waals surface area contributed by atoms with E-state index >= 15 is 0 Å². The highest BCUT2D eigenvalue weighted by Crippen LogP contribution is 2.64. The van der Waals surface area contributed by atoms with E-state index in [9.17, 15) is 23.6 Å². The maximum absolute atomic E-state index is 13.4. The minimum atomic E-state index is -0.762. The third-order valence-electron chi connectivity index (χ3n) is 7.51. The molecule has 4 rings (SSSR count). The number of aryl methyl sites for hydroxylation is 1. The zero-order chi connectivity index (χ0) is 23.0. The molecule has 1 aliphatic carbocycles. The summed E-state index contributed by atoms with van der Waals surface area (Å²) in [5.74, 6) is -0.915. The Morgan fingerprint density at radius 3 is 2.81 bits per heavy atom. The van der Waals surface area contributed by atoms with E-state index in [1.54, 1.807) is 17.0 Å². The molecular formula is C24H30FN3O4. The highest BCUT2D eigenvalue weighted by Gasteiger charge is 2.69. The van der Waals surface area contributed by atoms with E-state index in [0.717, 1.165) is 5.56 Å². The van der Waals surface area contributed by atoms with E-state index in [1.807, 2.05) is 0 Å². The summed E-state index contributed by atoms with van der Waals surface area (Å²) in [6, 6.07) is 4.77. The van der Waals surface area contributed by atoms with Gasteiger partial charge in [-0.2, -0.15) is 0 Å². The lowest BCUT2D eigenvalue weighted by Crippen LogP contribution is -2.52. The smallest absolute Gasteiger partial charge is 0.243 e. The van der Waals surface area contributed by atoms with Crippen LogP contribution in [0.2, 0.25) is 0 Å². The first kappa shape index (κ1) is 22.4. The minimum Gasteiger partial charge on any atom is -0.356 e. The zero-order valence-electron chi connectivity index (χ0n) is 18.5. The molecule has 8 heteroatoms. The lowest BCUT2D eigenvalue weighted by Gasteiger charge is -2.31. The monoisotopic (exact) mass is 443 g/mol. The fourth-order valence-corrected chi connectivity index (χ4v) is 5.52. The molecule has 2 unspecified atom stereocenters. The Balaban J connectivity index is 1.41. The van der Waals surface area contributed by atoms with Crippen LogP contribution < -0.4 is 10.6 Å². The number of benzene rings is 1. The molecule has 0 spiro atoms. The van der Waals surface area contributed by atoms with E-state index in [0.29, 0.717) is 32.2 Å². The van der Waals surface area contributed by atoms with Gasteiger partial charge < -0.3 is 20.3 Å². The SMILES string of the molecule is CC1(C)C2CN(C(=O)CCc3cccc(F)c3)[C@@H](C(=O)N[C@H](C=O)C[C@@H]3CCNC3=O)C21. The number of carbonyl (C=O) groups is 4. The van der Waals surface area contributed by atoms with Crippen LogP contribution in [0.1, 0.15) is 38.7 Å². The van der Waals surface area contributed by atoms with Crippen LogP contribution in [-0.2, 0) is 25.6 Å². The van der Waals surface area contributed by atoms with Crippen molar-refractivity contribution in [3.8, 4) is 0 Å². The molecule has 2 saturated heterocycles. The number of fused-ring (bicyclic) bond motifs is 1. The summed E-state index contributed by atoms with van der Waals surface area (Å²) in [4.78, 5) is 51.3. The van der Waals surface area contributed by atoms with Crippen molar-refractivity contribution < 1.29 is 23.6 Å². The fourth-order valence-electron chi connectivity index (χ4n) is 5.52. The summed E-state index contributed by atoms with van der Waals surface area (Å²) >= 11 is 0. The zero-order valence-corrected chi connectivity index (χ0v) is 18.5. The molecule has 3 aliphatic rings. The van der Waals surface area contributed by atoms with Gasteiger partial charge in [-0.3, -0.25) is 14.4 Å². The van der Waals surface area contributed by atoms with Gasteiger partial charge in [0.1, 0.15) is 18.1 Å². The van der Waals surface area contributed by atoms with Crippen molar-refractivity contribution in [2.75, 3.05) is 13.1 Å². The molecule has 2 aliphatic heterocycles. The molecule has 0 bridgehead atoms. The summed E-state index contributed by atoms with van der Waals surface area (Å²) < 4.78 is 13.4. The number of hydrogen-bond acceptors (Lipinski definition) is 4. The van der Waals surface area contributed by atoms with Gasteiger partial charge in [-0.1, -0.05) is 26.0 Å². The highest BCUT2D eigenvalue weighted by atomic mass is 19.1. The second-order valence-electron chi connectivity index (χ2n) is 9.84. The van der Waals surface area contributed by atoms with Crippen LogP contribution in [0.5, 0.6) is 0 Å². The maximum atomic E-state index is 13.4. The van der Waals surface area contributed by atoms with E-state index in [4.69, 9.17) is 0 Å². The Morgan fingerprint density at radius 1 is 1.38 bits per heavy atom. The molecule has 2 N–H and O–H groups in total. The van der Waals surface area contributed by atoms with Crippen molar-refractivity contribution in [3.05, 3.63) is 35.6 Å². The summed E-state index contributed by atoms with van der Waals surface area (Å²) in [6.07, 6.45) is 2.16. The van der Waals surface area contributed by atoms with Crippen molar-refractivity contribution >= 4 is 24.0 Å². The number of nitrogens with one attached hydrogen (secondary N) is 2. The second-order valence-corrected chi connectivity index (χ2v) is 9.84. The van der Waals surface area contributed by atoms with E-state index in [1.165, 1.54) is 12.1 Å². The highest BCUT2D eigenvalue weighted by molar-refractivity contribution is 5.91. The predicted octanol–water partition coefficient (Wildman–Crippen LogP) is 1.45. The first-order valence-corrected chi connectivity index (χ1v) is 11.3. The summed E-state index contributed by atoms with van der Waals surface area (Å²) in [7, 11) is 0. The number of nitrogens with zero attached hydrogens (tertiary/aromatic N) is 1. The number of aldehydes is 1. The largest absolute Gasteiger partial charge is 0.356 e. The molecule has 0 radical (unpaired) electrons. The van der Waals surface area contributed by atoms with Gasteiger partial charge in [-0.05, 0) is 54.2 Å². The molecular weight excluding hydrogens is 413 g/mol. The number of rotatable bonds is 8. The Labute approximate surface area is 187 Å². The summed E-state index contributed by atoms with van der Waals surface area (Å²) in [6.45, 7) is 5.28. The average Bonchev–Trinajstić information content (AvgIpc) is 3.12. The van der Waals surface area contributed by atoms with Gasteiger partial charge in [-0.25, -0.2) is 4.39 Å². The van der Waals surface area contributed by atoms with Gasteiger partial charge in [0, 0.05) is 25.4 Å². The number of carbonyl (C=O) groups excluding carboxylic acids is 4. The average molecular weight is 444 g/mol. The molecule has 1 aromatic rings. The quantitative estimate of drug-likeness (QED) is 0.595. The van der Waals surface area contributed by atoms with E-state index < -0.39 is 12.1 Å². The van der Waals surface area contributed by atoms with Gasteiger partial charge in [-0.15, -0.1) is 0 Å². The lowest BCUT2D eigenvalue weighted by molar-refractivity contribution is -0.141. The van der Waals surface area contributed by atoms with Crippen molar-refractivity contribution in [1.82, 2.24) is 15.5 Å². The van der Waals surface area contributed by atoms with Crippen molar-refractivity contribution in [2.45, 2.75) is 51.6 Å². The topological polar surface area (TPSA) is 95.6 Å². The fraction of sp³-hybridized carbons (Fsp3) is 0.583. The van der Waals surface area contributed by atoms with Crippen LogP contribution >= 0.6 is 0 Å². The van der Waals surface area contributed by atoms with Crippen LogP contribution in [0.15, 0.2) is 24.3 Å². The minimum absolute atomic E-state index is 0.0383. The molecule has 172 valence electrons. The summed E-state index contributed by atoms with van der Waals surface area (Å²) in [5.41, 5.74) is 0.698. The number of amides is 3. The Morgan fingerprint density at radius 2 is 2.16 bits per heavy atom. The number of likely N-dealkylation sites (tertiary alicyclic amines) is 1. The molecule has 32 heavy (non-hydrogen) atoms. The number of piperidine rings is 1. The van der Waals surface area contributed by atoms with Gasteiger partial charge >= 0.3 is 0 Å². The van der Waals surface area contributed by atoms with Crippen LogP contribution in [0.3, 0.4) is 0 Å². The molecule has 7 nitrogen and oxygen atoms in total. The molecule has 1 saturated carbocycles. The first-order chi connectivity index (χ1) is 15.2. The Kier molecular flexibility index (Phi) is 6.05. The third kappa shape index (κ3) is 4.27. The molecule has 3 amide bonds. The van der Waals surface area contributed by atoms with Crippen LogP contribution in [0.4, 0.5) is 4.39 Å². The van der Waals surface area contributed by atoms with Gasteiger partial charge in [0.25, 0.3) is 0 Å².